The molecule has 0 bridgehead atoms. The minimum atomic E-state index is -0.0862. The number of benzene rings is 2. The molecule has 0 spiro atoms. The van der Waals surface area contributed by atoms with E-state index in [2.05, 4.69) is 60.3 Å². The Morgan fingerprint density at radius 2 is 1.71 bits per heavy atom. The predicted octanol–water partition coefficient (Wildman–Crippen LogP) is 6.31. The highest BCUT2D eigenvalue weighted by atomic mass is 32.2. The molecular weight excluding hydrogens is 442 g/mol. The number of carbonyl (C=O) groups is 1. The maximum absolute atomic E-state index is 12.7. The number of rotatable bonds is 8. The van der Waals surface area contributed by atoms with Gasteiger partial charge in [0.2, 0.25) is 5.91 Å². The molecule has 1 N–H and O–H groups in total. The minimum absolute atomic E-state index is 0.0862. The van der Waals surface area contributed by atoms with Crippen LogP contribution >= 0.6 is 11.8 Å². The molecule has 0 atom stereocenters. The quantitative estimate of drug-likeness (QED) is 0.305. The monoisotopic (exact) mass is 471 g/mol. The molecule has 0 aliphatic rings. The highest BCUT2D eigenvalue weighted by Crippen LogP contribution is 2.32. The summed E-state index contributed by atoms with van der Waals surface area (Å²) in [5.74, 6) is 1.61. The van der Waals surface area contributed by atoms with Crippen LogP contribution in [0.15, 0.2) is 78.2 Å². The number of aromatic nitrogens is 4. The molecule has 0 saturated carbocycles. The van der Waals surface area contributed by atoms with E-state index in [1.54, 1.807) is 12.4 Å². The normalized spacial score (nSPS) is 11.2. The maximum atomic E-state index is 12.7. The van der Waals surface area contributed by atoms with Crippen LogP contribution in [0.1, 0.15) is 50.7 Å². The number of thioether (sulfide) groups is 1. The largest absolute Gasteiger partial charge is 0.325 e. The van der Waals surface area contributed by atoms with E-state index < -0.39 is 0 Å². The summed E-state index contributed by atoms with van der Waals surface area (Å²) < 4.78 is 2.03. The van der Waals surface area contributed by atoms with Gasteiger partial charge < -0.3 is 5.32 Å². The summed E-state index contributed by atoms with van der Waals surface area (Å²) in [4.78, 5) is 17.0. The number of hydrogen-bond acceptors (Lipinski definition) is 5. The lowest BCUT2D eigenvalue weighted by atomic mass is 10.0. The summed E-state index contributed by atoms with van der Waals surface area (Å²) in [5, 5.41) is 12.6. The van der Waals surface area contributed by atoms with Crippen LogP contribution in [0.3, 0.4) is 0 Å². The van der Waals surface area contributed by atoms with Gasteiger partial charge in [0.1, 0.15) is 0 Å². The second-order valence-corrected chi connectivity index (χ2v) is 9.65. The SMILES string of the molecule is CC(C)c1ccc(NC(=O)CSc2nnc(-c3cccnc3)n2-c2ccccc2C(C)C)cc1. The van der Waals surface area contributed by atoms with E-state index in [4.69, 9.17) is 0 Å². The highest BCUT2D eigenvalue weighted by molar-refractivity contribution is 7.99. The van der Waals surface area contributed by atoms with Crippen LogP contribution in [0.4, 0.5) is 5.69 Å². The van der Waals surface area contributed by atoms with Gasteiger partial charge in [0.05, 0.1) is 11.4 Å². The van der Waals surface area contributed by atoms with Crippen LogP contribution in [-0.2, 0) is 4.79 Å². The van der Waals surface area contributed by atoms with Crippen molar-refractivity contribution >= 4 is 23.4 Å². The average molecular weight is 472 g/mol. The van der Waals surface area contributed by atoms with Crippen molar-refractivity contribution in [3.63, 3.8) is 0 Å². The maximum Gasteiger partial charge on any atom is 0.234 e. The van der Waals surface area contributed by atoms with Crippen molar-refractivity contribution in [1.29, 1.82) is 0 Å². The molecule has 34 heavy (non-hydrogen) atoms. The van der Waals surface area contributed by atoms with Gasteiger partial charge in [-0.2, -0.15) is 0 Å². The molecule has 2 heterocycles. The number of para-hydroxylation sites is 1. The van der Waals surface area contributed by atoms with Crippen molar-refractivity contribution in [2.24, 2.45) is 0 Å². The molecule has 0 aliphatic heterocycles. The van der Waals surface area contributed by atoms with Crippen LogP contribution in [0.25, 0.3) is 17.1 Å². The van der Waals surface area contributed by atoms with Crippen molar-refractivity contribution in [3.05, 3.63) is 84.2 Å². The van der Waals surface area contributed by atoms with Gasteiger partial charge in [0.15, 0.2) is 11.0 Å². The standard InChI is InChI=1S/C27H29N5OS/c1-18(2)20-11-13-22(14-12-20)29-25(33)17-34-27-31-30-26(21-8-7-15-28-16-21)32(27)24-10-6-5-9-23(24)19(3)4/h5-16,18-19H,17H2,1-4H3,(H,29,33). The van der Waals surface area contributed by atoms with E-state index >= 15 is 0 Å². The van der Waals surface area contributed by atoms with Crippen molar-refractivity contribution in [2.45, 2.75) is 44.7 Å². The van der Waals surface area contributed by atoms with E-state index in [1.165, 1.54) is 22.9 Å². The Kier molecular flexibility index (Phi) is 7.43. The van der Waals surface area contributed by atoms with Crippen LogP contribution in [-0.4, -0.2) is 31.4 Å². The fourth-order valence-electron chi connectivity index (χ4n) is 3.72. The Bertz CT molecular complexity index is 1250. The molecule has 0 radical (unpaired) electrons. The first-order valence-corrected chi connectivity index (χ1v) is 12.4. The number of pyridine rings is 1. The summed E-state index contributed by atoms with van der Waals surface area (Å²) in [6.07, 6.45) is 3.51. The fraction of sp³-hybridized carbons (Fsp3) is 0.259. The van der Waals surface area contributed by atoms with E-state index in [0.717, 1.165) is 16.9 Å². The summed E-state index contributed by atoms with van der Waals surface area (Å²) >= 11 is 1.37. The Morgan fingerprint density at radius 1 is 0.941 bits per heavy atom. The van der Waals surface area contributed by atoms with Crippen molar-refractivity contribution in [2.75, 3.05) is 11.1 Å². The smallest absolute Gasteiger partial charge is 0.234 e. The average Bonchev–Trinajstić information content (AvgIpc) is 3.27. The summed E-state index contributed by atoms with van der Waals surface area (Å²) in [5.41, 5.74) is 5.09. The molecule has 6 nitrogen and oxygen atoms in total. The first-order chi connectivity index (χ1) is 16.4. The Labute approximate surface area is 204 Å². The molecular formula is C27H29N5OS. The fourth-order valence-corrected chi connectivity index (χ4v) is 4.47. The lowest BCUT2D eigenvalue weighted by Gasteiger charge is -2.16. The Morgan fingerprint density at radius 3 is 2.38 bits per heavy atom. The molecule has 0 aliphatic carbocycles. The Hall–Kier alpha value is -3.45. The lowest BCUT2D eigenvalue weighted by Crippen LogP contribution is -2.14. The number of nitrogens with zero attached hydrogens (tertiary/aromatic N) is 4. The van der Waals surface area contributed by atoms with Crippen LogP contribution < -0.4 is 5.32 Å². The van der Waals surface area contributed by atoms with E-state index in [-0.39, 0.29) is 11.7 Å². The van der Waals surface area contributed by atoms with Gasteiger partial charge in [-0.05, 0) is 53.3 Å². The first kappa shape index (κ1) is 23.7. The van der Waals surface area contributed by atoms with E-state index in [1.807, 2.05) is 53.1 Å². The molecule has 2 aromatic carbocycles. The van der Waals surface area contributed by atoms with Crippen LogP contribution in [0.2, 0.25) is 0 Å². The molecule has 4 aromatic rings. The van der Waals surface area contributed by atoms with Gasteiger partial charge in [0, 0.05) is 23.6 Å². The number of carbonyl (C=O) groups excluding carboxylic acids is 1. The number of anilines is 1. The number of hydrogen-bond donors (Lipinski definition) is 1. The zero-order valence-electron chi connectivity index (χ0n) is 19.9. The van der Waals surface area contributed by atoms with Gasteiger partial charge in [-0.1, -0.05) is 69.8 Å². The molecule has 0 saturated heterocycles. The zero-order valence-corrected chi connectivity index (χ0v) is 20.7. The van der Waals surface area contributed by atoms with Gasteiger partial charge in [0.25, 0.3) is 0 Å². The van der Waals surface area contributed by atoms with Crippen molar-refractivity contribution in [1.82, 2.24) is 19.7 Å². The van der Waals surface area contributed by atoms with Crippen molar-refractivity contribution < 1.29 is 4.79 Å². The molecule has 0 unspecified atom stereocenters. The van der Waals surface area contributed by atoms with Crippen LogP contribution in [0, 0.1) is 0 Å². The lowest BCUT2D eigenvalue weighted by molar-refractivity contribution is -0.113. The molecule has 4 rings (SSSR count). The number of nitrogens with one attached hydrogen (secondary N) is 1. The van der Waals surface area contributed by atoms with Crippen molar-refractivity contribution in [3.8, 4) is 17.1 Å². The second kappa shape index (κ2) is 10.7. The van der Waals surface area contributed by atoms with E-state index in [9.17, 15) is 4.79 Å². The first-order valence-electron chi connectivity index (χ1n) is 11.4. The third kappa shape index (κ3) is 5.37. The number of amides is 1. The summed E-state index contributed by atoms with van der Waals surface area (Å²) in [6.45, 7) is 8.63. The Balaban J connectivity index is 1.60. The summed E-state index contributed by atoms with van der Waals surface area (Å²) in [7, 11) is 0. The van der Waals surface area contributed by atoms with Crippen LogP contribution in [0.5, 0.6) is 0 Å². The molecule has 2 aromatic heterocycles. The van der Waals surface area contributed by atoms with Gasteiger partial charge in [-0.25, -0.2) is 0 Å². The third-order valence-electron chi connectivity index (χ3n) is 5.55. The minimum Gasteiger partial charge on any atom is -0.325 e. The van der Waals surface area contributed by atoms with Gasteiger partial charge in [-0.3, -0.25) is 14.3 Å². The molecule has 0 fully saturated rings. The predicted molar refractivity (Wildman–Crippen MR) is 139 cm³/mol. The highest BCUT2D eigenvalue weighted by Gasteiger charge is 2.20. The molecule has 1 amide bonds. The third-order valence-corrected chi connectivity index (χ3v) is 6.48. The molecule has 174 valence electrons. The van der Waals surface area contributed by atoms with Gasteiger partial charge in [-0.15, -0.1) is 10.2 Å². The second-order valence-electron chi connectivity index (χ2n) is 8.71. The topological polar surface area (TPSA) is 72.7 Å². The molecule has 7 heteroatoms. The summed E-state index contributed by atoms with van der Waals surface area (Å²) in [6, 6.07) is 20.1. The van der Waals surface area contributed by atoms with Gasteiger partial charge >= 0.3 is 0 Å². The van der Waals surface area contributed by atoms with E-state index in [0.29, 0.717) is 22.8 Å². The zero-order chi connectivity index (χ0) is 24.1.